The zero-order valence-corrected chi connectivity index (χ0v) is 14.0. The molecule has 1 amide bonds. The first-order chi connectivity index (χ1) is 11.2. The Balaban J connectivity index is 1.65. The van der Waals surface area contributed by atoms with Gasteiger partial charge in [0.25, 0.3) is 5.91 Å². The Morgan fingerprint density at radius 2 is 2.22 bits per heavy atom. The monoisotopic (exact) mass is 331 g/mol. The molecule has 1 saturated heterocycles. The molecule has 122 valence electrons. The normalized spacial score (nSPS) is 18.7. The number of thioether (sulfide) groups is 1. The molecular weight excluding hydrogens is 310 g/mol. The summed E-state index contributed by atoms with van der Waals surface area (Å²) in [5.74, 6) is 1.56. The minimum Gasteiger partial charge on any atom is -0.467 e. The van der Waals surface area contributed by atoms with Crippen LogP contribution in [0.2, 0.25) is 0 Å². The summed E-state index contributed by atoms with van der Waals surface area (Å²) in [5.41, 5.74) is 0.703. The molecule has 3 rings (SSSR count). The smallest absolute Gasteiger partial charge is 0.252 e. The molecule has 0 aliphatic carbocycles. The van der Waals surface area contributed by atoms with E-state index in [1.165, 1.54) is 0 Å². The van der Waals surface area contributed by atoms with E-state index in [0.717, 1.165) is 35.9 Å². The highest BCUT2D eigenvalue weighted by atomic mass is 32.2. The second-order valence-corrected chi connectivity index (χ2v) is 6.71. The maximum absolute atomic E-state index is 12.6. The molecule has 1 aromatic carbocycles. The summed E-state index contributed by atoms with van der Waals surface area (Å²) >= 11 is 1.69. The average Bonchev–Trinajstić information content (AvgIpc) is 3.26. The minimum atomic E-state index is -0.159. The van der Waals surface area contributed by atoms with Gasteiger partial charge in [0, 0.05) is 17.3 Å². The molecule has 2 atom stereocenters. The summed E-state index contributed by atoms with van der Waals surface area (Å²) < 4.78 is 11.0. The third kappa shape index (κ3) is 4.18. The maximum atomic E-state index is 12.6. The van der Waals surface area contributed by atoms with Gasteiger partial charge < -0.3 is 14.5 Å². The number of nitrogens with one attached hydrogen (secondary N) is 1. The second-order valence-electron chi connectivity index (χ2n) is 5.65. The van der Waals surface area contributed by atoms with Gasteiger partial charge in [0.15, 0.2) is 0 Å². The average molecular weight is 331 g/mol. The van der Waals surface area contributed by atoms with E-state index in [1.54, 1.807) is 18.0 Å². The van der Waals surface area contributed by atoms with Gasteiger partial charge in [-0.05, 0) is 44.0 Å². The first-order valence-corrected chi connectivity index (χ1v) is 8.90. The topological polar surface area (TPSA) is 51.5 Å². The molecule has 2 heterocycles. The lowest BCUT2D eigenvalue weighted by atomic mass is 10.2. The standard InChI is InChI=1S/C18H21NO3S/c1-13(16-8-5-11-22-16)19-18(20)15-7-2-3-9-17(15)23-12-14-6-4-10-21-14/h2-3,5,7-9,11,13-14H,4,6,10,12H2,1H3,(H,19,20). The number of hydrogen-bond donors (Lipinski definition) is 1. The molecule has 1 aliphatic rings. The van der Waals surface area contributed by atoms with Crippen LogP contribution in [-0.2, 0) is 4.74 Å². The van der Waals surface area contributed by atoms with Crippen LogP contribution in [0.5, 0.6) is 0 Å². The van der Waals surface area contributed by atoms with Crippen LogP contribution < -0.4 is 5.32 Å². The van der Waals surface area contributed by atoms with Crippen molar-refractivity contribution in [3.8, 4) is 0 Å². The van der Waals surface area contributed by atoms with Crippen LogP contribution in [0.25, 0.3) is 0 Å². The summed E-state index contributed by atoms with van der Waals surface area (Å²) in [6.45, 7) is 2.77. The molecule has 0 bridgehead atoms. The molecule has 1 aromatic heterocycles. The lowest BCUT2D eigenvalue weighted by molar-refractivity contribution is 0.0932. The van der Waals surface area contributed by atoms with Gasteiger partial charge >= 0.3 is 0 Å². The minimum absolute atomic E-state index is 0.0793. The molecule has 1 N–H and O–H groups in total. The third-order valence-corrected chi connectivity index (χ3v) is 5.10. The van der Waals surface area contributed by atoms with Crippen molar-refractivity contribution in [2.24, 2.45) is 0 Å². The number of benzene rings is 1. The summed E-state index contributed by atoms with van der Waals surface area (Å²) in [5, 5.41) is 2.99. The van der Waals surface area contributed by atoms with Crippen molar-refractivity contribution < 1.29 is 13.9 Å². The van der Waals surface area contributed by atoms with Crippen molar-refractivity contribution >= 4 is 17.7 Å². The highest BCUT2D eigenvalue weighted by Crippen LogP contribution is 2.27. The molecule has 1 fully saturated rings. The first kappa shape index (κ1) is 16.1. The Morgan fingerprint density at radius 1 is 1.35 bits per heavy atom. The van der Waals surface area contributed by atoms with Crippen LogP contribution in [0, 0.1) is 0 Å². The predicted octanol–water partition coefficient (Wildman–Crippen LogP) is 4.04. The van der Waals surface area contributed by atoms with Gasteiger partial charge in [-0.3, -0.25) is 4.79 Å². The quantitative estimate of drug-likeness (QED) is 0.812. The molecule has 2 unspecified atom stereocenters. The van der Waals surface area contributed by atoms with Crippen LogP contribution in [0.15, 0.2) is 52.0 Å². The summed E-state index contributed by atoms with van der Waals surface area (Å²) in [4.78, 5) is 13.6. The van der Waals surface area contributed by atoms with E-state index in [0.29, 0.717) is 11.7 Å². The van der Waals surface area contributed by atoms with Crippen molar-refractivity contribution in [3.05, 3.63) is 54.0 Å². The molecule has 5 heteroatoms. The fourth-order valence-electron chi connectivity index (χ4n) is 2.62. The van der Waals surface area contributed by atoms with Gasteiger partial charge in [0.05, 0.1) is 24.0 Å². The number of furan rings is 1. The van der Waals surface area contributed by atoms with Crippen LogP contribution >= 0.6 is 11.8 Å². The molecule has 0 spiro atoms. The van der Waals surface area contributed by atoms with E-state index >= 15 is 0 Å². The Kier molecular flexibility index (Phi) is 5.41. The van der Waals surface area contributed by atoms with E-state index in [9.17, 15) is 4.79 Å². The van der Waals surface area contributed by atoms with Gasteiger partial charge in [-0.2, -0.15) is 0 Å². The Labute approximate surface area is 140 Å². The Bertz CT molecular complexity index is 635. The number of hydrogen-bond acceptors (Lipinski definition) is 4. The van der Waals surface area contributed by atoms with Gasteiger partial charge in [0.1, 0.15) is 5.76 Å². The highest BCUT2D eigenvalue weighted by molar-refractivity contribution is 7.99. The van der Waals surface area contributed by atoms with Gasteiger partial charge in [0.2, 0.25) is 0 Å². The van der Waals surface area contributed by atoms with Crippen molar-refractivity contribution in [2.45, 2.75) is 36.8 Å². The van der Waals surface area contributed by atoms with Crippen LogP contribution in [0.3, 0.4) is 0 Å². The van der Waals surface area contributed by atoms with Crippen LogP contribution in [0.4, 0.5) is 0 Å². The molecule has 4 nitrogen and oxygen atoms in total. The fraction of sp³-hybridized carbons (Fsp3) is 0.389. The van der Waals surface area contributed by atoms with Crippen molar-refractivity contribution in [2.75, 3.05) is 12.4 Å². The Morgan fingerprint density at radius 3 is 2.96 bits per heavy atom. The SMILES string of the molecule is CC(NC(=O)c1ccccc1SCC1CCCO1)c1ccco1. The zero-order valence-electron chi connectivity index (χ0n) is 13.2. The van der Waals surface area contributed by atoms with Crippen molar-refractivity contribution in [1.29, 1.82) is 0 Å². The van der Waals surface area contributed by atoms with Gasteiger partial charge in [-0.1, -0.05) is 12.1 Å². The zero-order chi connectivity index (χ0) is 16.1. The fourth-order valence-corrected chi connectivity index (χ4v) is 3.74. The third-order valence-electron chi connectivity index (χ3n) is 3.90. The number of carbonyl (C=O) groups excluding carboxylic acids is 1. The molecule has 1 aliphatic heterocycles. The predicted molar refractivity (Wildman–Crippen MR) is 90.7 cm³/mol. The van der Waals surface area contributed by atoms with E-state index in [4.69, 9.17) is 9.15 Å². The van der Waals surface area contributed by atoms with Crippen molar-refractivity contribution in [1.82, 2.24) is 5.32 Å². The largest absolute Gasteiger partial charge is 0.467 e. The lowest BCUT2D eigenvalue weighted by Crippen LogP contribution is -2.26. The highest BCUT2D eigenvalue weighted by Gasteiger charge is 2.19. The number of ether oxygens (including phenoxy) is 1. The molecule has 0 radical (unpaired) electrons. The summed E-state index contributed by atoms with van der Waals surface area (Å²) in [6.07, 6.45) is 4.16. The van der Waals surface area contributed by atoms with E-state index in [2.05, 4.69) is 5.32 Å². The maximum Gasteiger partial charge on any atom is 0.252 e. The number of carbonyl (C=O) groups is 1. The van der Waals surface area contributed by atoms with E-state index < -0.39 is 0 Å². The Hall–Kier alpha value is -1.72. The molecular formula is C18H21NO3S. The molecule has 0 saturated carbocycles. The number of rotatable bonds is 6. The summed E-state index contributed by atoms with van der Waals surface area (Å²) in [6, 6.07) is 11.2. The van der Waals surface area contributed by atoms with Crippen LogP contribution in [0.1, 0.15) is 41.9 Å². The van der Waals surface area contributed by atoms with Crippen molar-refractivity contribution in [3.63, 3.8) is 0 Å². The van der Waals surface area contributed by atoms with Gasteiger partial charge in [-0.25, -0.2) is 0 Å². The number of amides is 1. The lowest BCUT2D eigenvalue weighted by Gasteiger charge is -2.15. The van der Waals surface area contributed by atoms with Crippen LogP contribution in [-0.4, -0.2) is 24.4 Å². The molecule has 2 aromatic rings. The van der Waals surface area contributed by atoms with E-state index in [1.807, 2.05) is 43.3 Å². The van der Waals surface area contributed by atoms with Gasteiger partial charge in [-0.15, -0.1) is 11.8 Å². The van der Waals surface area contributed by atoms with E-state index in [-0.39, 0.29) is 11.9 Å². The first-order valence-electron chi connectivity index (χ1n) is 7.92. The summed E-state index contributed by atoms with van der Waals surface area (Å²) in [7, 11) is 0. The molecule has 23 heavy (non-hydrogen) atoms. The second kappa shape index (κ2) is 7.70.